The molecule has 0 unspecified atom stereocenters. The van der Waals surface area contributed by atoms with Gasteiger partial charge in [0.05, 0.1) is 11.6 Å². The van der Waals surface area contributed by atoms with Crippen LogP contribution in [0.5, 0.6) is 0 Å². The normalized spacial score (nSPS) is 18.3. The molecule has 7 nitrogen and oxygen atoms in total. The standard InChI is InChI=1S/C18H21F2N3O4S.H2S/c1-18(2,25)15-7-5-11-14(28(26,27)22-15)9-23(3)16(11)17(24)21-10-4-6-12(19)13(20)8-10;/h4,6,8-9,15,22,25H,5,7H2,1-3H3,(H,21,24);1H2/t15-;/m0./s1. The molecule has 3 N–H and O–H groups in total. The molecule has 0 bridgehead atoms. The van der Waals surface area contributed by atoms with E-state index in [4.69, 9.17) is 0 Å². The first kappa shape index (κ1) is 23.3. The van der Waals surface area contributed by atoms with Crippen molar-refractivity contribution in [2.24, 2.45) is 7.05 Å². The molecule has 2 aromatic rings. The summed E-state index contributed by atoms with van der Waals surface area (Å²) in [7, 11) is -2.43. The summed E-state index contributed by atoms with van der Waals surface area (Å²) in [4.78, 5) is 12.7. The molecule has 1 aliphatic rings. The van der Waals surface area contributed by atoms with E-state index in [1.807, 2.05) is 0 Å². The first-order valence-electron chi connectivity index (χ1n) is 8.59. The van der Waals surface area contributed by atoms with E-state index >= 15 is 0 Å². The number of sulfonamides is 1. The average Bonchev–Trinajstić information content (AvgIpc) is 2.84. The number of nitrogens with zero attached hydrogens (tertiary/aromatic N) is 1. The maximum absolute atomic E-state index is 13.4. The number of carbonyl (C=O) groups is 1. The summed E-state index contributed by atoms with van der Waals surface area (Å²) < 4.78 is 55.8. The number of halogens is 2. The van der Waals surface area contributed by atoms with Crippen LogP contribution in [0, 0.1) is 11.6 Å². The topological polar surface area (TPSA) is 100 Å². The van der Waals surface area contributed by atoms with Gasteiger partial charge in [0.1, 0.15) is 10.6 Å². The summed E-state index contributed by atoms with van der Waals surface area (Å²) >= 11 is 0. The van der Waals surface area contributed by atoms with Gasteiger partial charge in [0.2, 0.25) is 10.0 Å². The highest BCUT2D eigenvalue weighted by Gasteiger charge is 2.37. The summed E-state index contributed by atoms with van der Waals surface area (Å²) in [6, 6.07) is 2.22. The third-order valence-corrected chi connectivity index (χ3v) is 6.29. The van der Waals surface area contributed by atoms with E-state index in [1.54, 1.807) is 0 Å². The van der Waals surface area contributed by atoms with E-state index in [0.717, 1.165) is 12.1 Å². The Morgan fingerprint density at radius 2 is 1.97 bits per heavy atom. The maximum Gasteiger partial charge on any atom is 0.272 e. The van der Waals surface area contributed by atoms with Gasteiger partial charge in [-0.15, -0.1) is 0 Å². The maximum atomic E-state index is 13.4. The monoisotopic (exact) mass is 447 g/mol. The Labute approximate surface area is 174 Å². The molecule has 0 saturated carbocycles. The van der Waals surface area contributed by atoms with Gasteiger partial charge in [-0.05, 0) is 38.8 Å². The molecule has 0 aliphatic carbocycles. The minimum atomic E-state index is -3.95. The van der Waals surface area contributed by atoms with Crippen LogP contribution in [0.3, 0.4) is 0 Å². The Hall–Kier alpha value is -1.95. The fourth-order valence-electron chi connectivity index (χ4n) is 3.28. The minimum Gasteiger partial charge on any atom is -0.389 e. The predicted octanol–water partition coefficient (Wildman–Crippen LogP) is 2.03. The van der Waals surface area contributed by atoms with Crippen molar-refractivity contribution in [3.05, 3.63) is 47.3 Å². The molecule has 11 heteroatoms. The number of nitrogens with one attached hydrogen (secondary N) is 2. The number of aryl methyl sites for hydroxylation is 1. The zero-order valence-electron chi connectivity index (χ0n) is 16.1. The van der Waals surface area contributed by atoms with Gasteiger partial charge >= 0.3 is 0 Å². The van der Waals surface area contributed by atoms with Crippen molar-refractivity contribution in [2.45, 2.75) is 43.2 Å². The molecule has 1 aliphatic heterocycles. The van der Waals surface area contributed by atoms with Crippen molar-refractivity contribution < 1.29 is 27.1 Å². The van der Waals surface area contributed by atoms with Gasteiger partial charge in [-0.3, -0.25) is 4.79 Å². The average molecular weight is 448 g/mol. The lowest BCUT2D eigenvalue weighted by Gasteiger charge is -2.28. The number of aliphatic hydroxyl groups is 1. The molecule has 3 rings (SSSR count). The van der Waals surface area contributed by atoms with E-state index in [2.05, 4.69) is 10.0 Å². The van der Waals surface area contributed by atoms with E-state index in [-0.39, 0.29) is 42.6 Å². The van der Waals surface area contributed by atoms with Crippen molar-refractivity contribution in [1.82, 2.24) is 9.29 Å². The first-order valence-corrected chi connectivity index (χ1v) is 10.1. The largest absolute Gasteiger partial charge is 0.389 e. The van der Waals surface area contributed by atoms with Crippen molar-refractivity contribution in [1.29, 1.82) is 0 Å². The number of fused-ring (bicyclic) bond motifs is 1. The fourth-order valence-corrected chi connectivity index (χ4v) is 5.01. The zero-order valence-corrected chi connectivity index (χ0v) is 17.9. The SMILES string of the molecule is Cn1cc2c(c1C(=O)Nc1ccc(F)c(F)c1)CC[C@@H](C(C)(C)O)NS2(=O)=O.S. The first-order chi connectivity index (χ1) is 12.9. The van der Waals surface area contributed by atoms with Gasteiger partial charge in [-0.25, -0.2) is 21.9 Å². The molecule has 0 radical (unpaired) electrons. The number of anilines is 1. The quantitative estimate of drug-likeness (QED) is 0.670. The summed E-state index contributed by atoms with van der Waals surface area (Å²) in [6.07, 6.45) is 1.84. The van der Waals surface area contributed by atoms with Crippen molar-refractivity contribution in [2.75, 3.05) is 5.32 Å². The van der Waals surface area contributed by atoms with E-state index in [1.165, 1.54) is 37.7 Å². The Bertz CT molecular complexity index is 1050. The summed E-state index contributed by atoms with van der Waals surface area (Å²) in [6.45, 7) is 3.01. The summed E-state index contributed by atoms with van der Waals surface area (Å²) in [5.41, 5.74) is -0.835. The van der Waals surface area contributed by atoms with Gasteiger partial charge in [-0.2, -0.15) is 13.5 Å². The lowest BCUT2D eigenvalue weighted by Crippen LogP contribution is -2.48. The highest BCUT2D eigenvalue weighted by atomic mass is 32.2. The van der Waals surface area contributed by atoms with Gasteiger partial charge in [0, 0.05) is 30.6 Å². The lowest BCUT2D eigenvalue weighted by molar-refractivity contribution is 0.0434. The van der Waals surface area contributed by atoms with Gasteiger partial charge < -0.3 is 15.0 Å². The number of benzene rings is 1. The van der Waals surface area contributed by atoms with Crippen LogP contribution in [0.4, 0.5) is 14.5 Å². The fraction of sp³-hybridized carbons (Fsp3) is 0.389. The van der Waals surface area contributed by atoms with Crippen LogP contribution in [-0.4, -0.2) is 35.6 Å². The number of hydrogen-bond acceptors (Lipinski definition) is 4. The number of rotatable bonds is 3. The Balaban J connectivity index is 0.00000300. The number of aromatic nitrogens is 1. The molecule has 2 heterocycles. The molecule has 0 spiro atoms. The number of hydrogen-bond donors (Lipinski definition) is 3. The molecular formula is C18H23F2N3O4S2. The van der Waals surface area contributed by atoms with Crippen LogP contribution in [0.25, 0.3) is 0 Å². The second-order valence-corrected chi connectivity index (χ2v) is 9.06. The number of amides is 1. The van der Waals surface area contributed by atoms with Crippen molar-refractivity contribution in [3.63, 3.8) is 0 Å². The van der Waals surface area contributed by atoms with Crippen molar-refractivity contribution >= 4 is 35.1 Å². The molecule has 0 fully saturated rings. The van der Waals surface area contributed by atoms with Crippen LogP contribution in [-0.2, 0) is 23.5 Å². The second-order valence-electron chi connectivity index (χ2n) is 7.38. The Kier molecular flexibility index (Phi) is 6.48. The highest BCUT2D eigenvalue weighted by Crippen LogP contribution is 2.30. The minimum absolute atomic E-state index is 0. The van der Waals surface area contributed by atoms with Crippen LogP contribution in [0.15, 0.2) is 29.3 Å². The second kappa shape index (κ2) is 8.05. The molecule has 1 aromatic heterocycles. The van der Waals surface area contributed by atoms with Gasteiger partial charge in [0.15, 0.2) is 11.6 Å². The highest BCUT2D eigenvalue weighted by molar-refractivity contribution is 7.89. The predicted molar refractivity (Wildman–Crippen MR) is 109 cm³/mol. The van der Waals surface area contributed by atoms with Crippen LogP contribution in [0.1, 0.15) is 36.3 Å². The van der Waals surface area contributed by atoms with Crippen LogP contribution in [0.2, 0.25) is 0 Å². The van der Waals surface area contributed by atoms with Crippen LogP contribution < -0.4 is 10.0 Å². The summed E-state index contributed by atoms with van der Waals surface area (Å²) in [5, 5.41) is 12.7. The third kappa shape index (κ3) is 4.63. The zero-order chi connectivity index (χ0) is 20.9. The smallest absolute Gasteiger partial charge is 0.272 e. The molecule has 29 heavy (non-hydrogen) atoms. The van der Waals surface area contributed by atoms with E-state index in [0.29, 0.717) is 5.56 Å². The van der Waals surface area contributed by atoms with Crippen molar-refractivity contribution in [3.8, 4) is 0 Å². The Morgan fingerprint density at radius 3 is 2.55 bits per heavy atom. The van der Waals surface area contributed by atoms with Gasteiger partial charge in [0.25, 0.3) is 5.91 Å². The number of carbonyl (C=O) groups excluding carboxylic acids is 1. The molecular weight excluding hydrogens is 424 g/mol. The molecule has 160 valence electrons. The Morgan fingerprint density at radius 1 is 1.31 bits per heavy atom. The molecule has 1 atom stereocenters. The lowest BCUT2D eigenvalue weighted by atomic mass is 9.93. The third-order valence-electron chi connectivity index (χ3n) is 4.76. The van der Waals surface area contributed by atoms with E-state index < -0.39 is 39.2 Å². The molecule has 1 aromatic carbocycles. The summed E-state index contributed by atoms with van der Waals surface area (Å²) in [5.74, 6) is -2.80. The van der Waals surface area contributed by atoms with E-state index in [9.17, 15) is 27.1 Å². The van der Waals surface area contributed by atoms with Gasteiger partial charge in [-0.1, -0.05) is 0 Å². The van der Waals surface area contributed by atoms with Crippen LogP contribution >= 0.6 is 13.5 Å². The molecule has 1 amide bonds. The molecule has 0 saturated heterocycles.